The number of carbonyl (C=O) groups excluding carboxylic acids is 1. The lowest BCUT2D eigenvalue weighted by Crippen LogP contribution is -2.50. The fourth-order valence-corrected chi connectivity index (χ4v) is 3.28. The summed E-state index contributed by atoms with van der Waals surface area (Å²) in [5.74, 6) is 1.19. The predicted molar refractivity (Wildman–Crippen MR) is 103 cm³/mol. The number of nitrogens with zero attached hydrogens (tertiary/aromatic N) is 4. The van der Waals surface area contributed by atoms with Gasteiger partial charge in [-0.05, 0) is 17.5 Å². The molecule has 1 saturated heterocycles. The Labute approximate surface area is 155 Å². The smallest absolute Gasteiger partial charge is 0.234 e. The number of carbonyl (C=O) groups is 1. The molecule has 6 nitrogen and oxygen atoms in total. The van der Waals surface area contributed by atoms with Gasteiger partial charge in [0.15, 0.2) is 0 Å². The molecule has 0 spiro atoms. The van der Waals surface area contributed by atoms with Crippen molar-refractivity contribution in [2.45, 2.75) is 19.9 Å². The summed E-state index contributed by atoms with van der Waals surface area (Å²) < 4.78 is 0. The van der Waals surface area contributed by atoms with Gasteiger partial charge < -0.3 is 10.2 Å². The van der Waals surface area contributed by atoms with Gasteiger partial charge in [0, 0.05) is 38.6 Å². The van der Waals surface area contributed by atoms with Crippen molar-refractivity contribution >= 4 is 11.9 Å². The Morgan fingerprint density at radius 3 is 2.31 bits per heavy atom. The molecule has 3 rings (SSSR count). The number of anilines is 1. The van der Waals surface area contributed by atoms with E-state index in [1.807, 2.05) is 24.3 Å². The molecular formula is C20H27N5O. The van der Waals surface area contributed by atoms with Crippen LogP contribution in [0.25, 0.3) is 0 Å². The van der Waals surface area contributed by atoms with Gasteiger partial charge in [0.1, 0.15) is 0 Å². The first-order valence-electron chi connectivity index (χ1n) is 9.22. The maximum Gasteiger partial charge on any atom is 0.234 e. The summed E-state index contributed by atoms with van der Waals surface area (Å²) in [5, 5.41) is 3.20. The first kappa shape index (κ1) is 18.3. The summed E-state index contributed by atoms with van der Waals surface area (Å²) in [5.41, 5.74) is 1.15. The van der Waals surface area contributed by atoms with Gasteiger partial charge in [-0.15, -0.1) is 0 Å². The summed E-state index contributed by atoms with van der Waals surface area (Å²) >= 11 is 0. The maximum atomic E-state index is 12.6. The molecule has 1 amide bonds. The van der Waals surface area contributed by atoms with Crippen molar-refractivity contribution in [3.8, 4) is 0 Å². The van der Waals surface area contributed by atoms with Crippen LogP contribution in [0, 0.1) is 5.92 Å². The fourth-order valence-electron chi connectivity index (χ4n) is 3.28. The van der Waals surface area contributed by atoms with Crippen LogP contribution >= 0.6 is 0 Å². The topological polar surface area (TPSA) is 61.4 Å². The average Bonchev–Trinajstić information content (AvgIpc) is 2.68. The van der Waals surface area contributed by atoms with Crippen LogP contribution in [-0.2, 0) is 4.79 Å². The monoisotopic (exact) mass is 353 g/mol. The lowest BCUT2D eigenvalue weighted by Gasteiger charge is -2.34. The number of rotatable bonds is 6. The summed E-state index contributed by atoms with van der Waals surface area (Å²) in [4.78, 5) is 25.5. The van der Waals surface area contributed by atoms with E-state index in [1.165, 1.54) is 0 Å². The molecule has 1 aromatic carbocycles. The van der Waals surface area contributed by atoms with Gasteiger partial charge >= 0.3 is 0 Å². The number of hydrogen-bond acceptors (Lipinski definition) is 5. The number of aromatic nitrogens is 2. The van der Waals surface area contributed by atoms with Crippen molar-refractivity contribution < 1.29 is 4.79 Å². The van der Waals surface area contributed by atoms with E-state index in [0.717, 1.165) is 37.7 Å². The van der Waals surface area contributed by atoms with E-state index in [4.69, 9.17) is 0 Å². The van der Waals surface area contributed by atoms with E-state index < -0.39 is 0 Å². The van der Waals surface area contributed by atoms with Gasteiger partial charge in [-0.2, -0.15) is 0 Å². The van der Waals surface area contributed by atoms with Crippen LogP contribution in [0.15, 0.2) is 48.8 Å². The largest absolute Gasteiger partial charge is 0.348 e. The average molecular weight is 353 g/mol. The van der Waals surface area contributed by atoms with Crippen molar-refractivity contribution in [3.05, 3.63) is 54.4 Å². The van der Waals surface area contributed by atoms with E-state index in [9.17, 15) is 4.79 Å². The standard InChI is InChI=1S/C20H27N5O/c1-16(2)19(17-7-4-3-5-8-17)23-18(26)15-24-11-13-25(14-12-24)20-21-9-6-10-22-20/h3-10,16,19H,11-15H2,1-2H3,(H,23,26). The number of hydrogen-bond donors (Lipinski definition) is 1. The van der Waals surface area contributed by atoms with Crippen LogP contribution < -0.4 is 10.2 Å². The molecule has 1 fully saturated rings. The van der Waals surface area contributed by atoms with Gasteiger partial charge in [-0.3, -0.25) is 9.69 Å². The van der Waals surface area contributed by atoms with Crippen molar-refractivity contribution in [1.29, 1.82) is 0 Å². The summed E-state index contributed by atoms with van der Waals surface area (Å²) in [6.07, 6.45) is 3.52. The van der Waals surface area contributed by atoms with Crippen molar-refractivity contribution in [2.75, 3.05) is 37.6 Å². The van der Waals surface area contributed by atoms with E-state index in [-0.39, 0.29) is 11.9 Å². The third kappa shape index (κ3) is 4.79. The van der Waals surface area contributed by atoms with Crippen LogP contribution in [0.3, 0.4) is 0 Å². The molecule has 1 unspecified atom stereocenters. The van der Waals surface area contributed by atoms with Crippen LogP contribution in [-0.4, -0.2) is 53.5 Å². The maximum absolute atomic E-state index is 12.6. The van der Waals surface area contributed by atoms with E-state index >= 15 is 0 Å². The second-order valence-corrected chi connectivity index (χ2v) is 7.01. The van der Waals surface area contributed by atoms with Crippen molar-refractivity contribution in [2.24, 2.45) is 5.92 Å². The Balaban J connectivity index is 1.51. The Hall–Kier alpha value is -2.47. The van der Waals surface area contributed by atoms with Crippen LogP contribution in [0.1, 0.15) is 25.5 Å². The molecular weight excluding hydrogens is 326 g/mol. The van der Waals surface area contributed by atoms with Gasteiger partial charge in [0.25, 0.3) is 0 Å². The van der Waals surface area contributed by atoms with E-state index in [1.54, 1.807) is 12.4 Å². The number of amides is 1. The summed E-state index contributed by atoms with van der Waals surface area (Å²) in [7, 11) is 0. The van der Waals surface area contributed by atoms with Crippen molar-refractivity contribution in [3.63, 3.8) is 0 Å². The molecule has 2 aromatic rings. The number of piperazine rings is 1. The zero-order valence-electron chi connectivity index (χ0n) is 15.5. The molecule has 26 heavy (non-hydrogen) atoms. The van der Waals surface area contributed by atoms with Crippen LogP contribution in [0.4, 0.5) is 5.95 Å². The second-order valence-electron chi connectivity index (χ2n) is 7.01. The Bertz CT molecular complexity index is 684. The van der Waals surface area contributed by atoms with Gasteiger partial charge in [0.05, 0.1) is 12.6 Å². The molecule has 1 atom stereocenters. The molecule has 1 N–H and O–H groups in total. The SMILES string of the molecule is CC(C)C(NC(=O)CN1CCN(c2ncccn2)CC1)c1ccccc1. The van der Waals surface area contributed by atoms with Crippen LogP contribution in [0.5, 0.6) is 0 Å². The Morgan fingerprint density at radius 1 is 1.04 bits per heavy atom. The first-order valence-corrected chi connectivity index (χ1v) is 9.22. The molecule has 0 saturated carbocycles. The molecule has 0 aliphatic carbocycles. The molecule has 1 aliphatic rings. The summed E-state index contributed by atoms with van der Waals surface area (Å²) in [6.45, 7) is 8.05. The normalized spacial score (nSPS) is 16.5. The highest BCUT2D eigenvalue weighted by atomic mass is 16.2. The highest BCUT2D eigenvalue weighted by Gasteiger charge is 2.23. The molecule has 0 bridgehead atoms. The second kappa shape index (κ2) is 8.76. The van der Waals surface area contributed by atoms with Gasteiger partial charge in [-0.25, -0.2) is 9.97 Å². The third-order valence-corrected chi connectivity index (χ3v) is 4.72. The molecule has 2 heterocycles. The van der Waals surface area contributed by atoms with Gasteiger partial charge in [-0.1, -0.05) is 44.2 Å². The minimum atomic E-state index is 0.0442. The minimum Gasteiger partial charge on any atom is -0.348 e. The van der Waals surface area contributed by atoms with Crippen LogP contribution in [0.2, 0.25) is 0 Å². The molecule has 138 valence electrons. The summed E-state index contributed by atoms with van der Waals surface area (Å²) in [6, 6.07) is 12.0. The zero-order chi connectivity index (χ0) is 18.4. The van der Waals surface area contributed by atoms with E-state index in [0.29, 0.717) is 12.5 Å². The Morgan fingerprint density at radius 2 is 1.69 bits per heavy atom. The molecule has 0 radical (unpaired) electrons. The molecule has 1 aliphatic heterocycles. The highest BCUT2D eigenvalue weighted by Crippen LogP contribution is 2.21. The Kier molecular flexibility index (Phi) is 6.17. The lowest BCUT2D eigenvalue weighted by molar-refractivity contribution is -0.123. The third-order valence-electron chi connectivity index (χ3n) is 4.72. The zero-order valence-corrected chi connectivity index (χ0v) is 15.5. The molecule has 6 heteroatoms. The minimum absolute atomic E-state index is 0.0442. The lowest BCUT2D eigenvalue weighted by atomic mass is 9.96. The number of benzene rings is 1. The number of nitrogens with one attached hydrogen (secondary N) is 1. The van der Waals surface area contributed by atoms with Crippen molar-refractivity contribution in [1.82, 2.24) is 20.2 Å². The first-order chi connectivity index (χ1) is 12.6. The fraction of sp³-hybridized carbons (Fsp3) is 0.450. The molecule has 1 aromatic heterocycles. The predicted octanol–water partition coefficient (Wildman–Crippen LogP) is 2.11. The quantitative estimate of drug-likeness (QED) is 0.862. The highest BCUT2D eigenvalue weighted by molar-refractivity contribution is 5.78. The van der Waals surface area contributed by atoms with Gasteiger partial charge in [0.2, 0.25) is 11.9 Å². The van der Waals surface area contributed by atoms with E-state index in [2.05, 4.69) is 51.1 Å².